The lowest BCUT2D eigenvalue weighted by Crippen LogP contribution is -2.36. The lowest BCUT2D eigenvalue weighted by Gasteiger charge is -2.25. The second kappa shape index (κ2) is 11.1. The standard InChI is InChI=1S/C23H22N2O5S2.2ClH/c1-25(14-12-16-7-6-13-24-15-16)22(26)18-10-5-11-19-20(18)21(23(27,28)31-19)32(29,30)17-8-3-2-4-9-17;;/h2-11,13,15,21,27-28H,12,14H2,1H3;2*1H. The van der Waals surface area contributed by atoms with E-state index in [4.69, 9.17) is 0 Å². The second-order valence-electron chi connectivity index (χ2n) is 7.55. The molecule has 1 unspecified atom stereocenters. The lowest BCUT2D eigenvalue weighted by molar-refractivity contribution is -0.0754. The molecule has 0 fully saturated rings. The molecule has 2 N–H and O–H groups in total. The summed E-state index contributed by atoms with van der Waals surface area (Å²) < 4.78 is 26.8. The van der Waals surface area contributed by atoms with Gasteiger partial charge in [0.25, 0.3) is 5.91 Å². The number of carbonyl (C=O) groups excluding carboxylic acids is 1. The molecule has 0 saturated heterocycles. The predicted molar refractivity (Wildman–Crippen MR) is 135 cm³/mol. The van der Waals surface area contributed by atoms with Crippen LogP contribution in [0.5, 0.6) is 0 Å². The number of hydrogen-bond acceptors (Lipinski definition) is 7. The smallest absolute Gasteiger partial charge is 0.253 e. The zero-order valence-electron chi connectivity index (χ0n) is 18.1. The van der Waals surface area contributed by atoms with Crippen molar-refractivity contribution in [2.45, 2.75) is 26.6 Å². The minimum Gasteiger partial charge on any atom is -0.356 e. The third-order valence-corrected chi connectivity index (χ3v) is 8.72. The molecule has 1 aliphatic heterocycles. The number of benzene rings is 2. The molecule has 11 heteroatoms. The van der Waals surface area contributed by atoms with Gasteiger partial charge in [0, 0.05) is 42.0 Å². The third kappa shape index (κ3) is 5.40. The minimum absolute atomic E-state index is 0. The fourth-order valence-corrected chi connectivity index (χ4v) is 7.16. The number of thioether (sulfide) groups is 1. The maximum absolute atomic E-state index is 13.4. The van der Waals surface area contributed by atoms with E-state index in [1.807, 2.05) is 12.1 Å². The zero-order valence-corrected chi connectivity index (χ0v) is 21.3. The average Bonchev–Trinajstić information content (AvgIpc) is 3.08. The molecule has 3 aromatic rings. The van der Waals surface area contributed by atoms with E-state index in [1.54, 1.807) is 49.8 Å². The first kappa shape index (κ1) is 28.1. The number of amides is 1. The Bertz CT molecular complexity index is 1240. The molecule has 182 valence electrons. The molecule has 0 bridgehead atoms. The number of aliphatic hydroxyl groups is 2. The first-order valence-corrected chi connectivity index (χ1v) is 12.3. The summed E-state index contributed by atoms with van der Waals surface area (Å²) in [6.07, 6.45) is 3.98. The van der Waals surface area contributed by atoms with Gasteiger partial charge in [0.05, 0.1) is 4.90 Å². The number of halogens is 2. The summed E-state index contributed by atoms with van der Waals surface area (Å²) in [5.74, 6) is -0.391. The highest BCUT2D eigenvalue weighted by Gasteiger charge is 2.54. The van der Waals surface area contributed by atoms with Crippen LogP contribution in [0.25, 0.3) is 0 Å². The van der Waals surface area contributed by atoms with Crippen molar-refractivity contribution in [2.24, 2.45) is 0 Å². The molecule has 0 radical (unpaired) electrons. The van der Waals surface area contributed by atoms with E-state index in [1.165, 1.54) is 23.1 Å². The van der Waals surface area contributed by atoms with E-state index in [0.717, 1.165) is 5.56 Å². The summed E-state index contributed by atoms with van der Waals surface area (Å²) in [5, 5.41) is 17.0. The normalized spacial score (nSPS) is 16.0. The van der Waals surface area contributed by atoms with E-state index >= 15 is 0 Å². The van der Waals surface area contributed by atoms with Crippen molar-refractivity contribution in [1.82, 2.24) is 9.88 Å². The highest BCUT2D eigenvalue weighted by Crippen LogP contribution is 2.55. The van der Waals surface area contributed by atoms with Crippen LogP contribution in [0.15, 0.2) is 82.8 Å². The van der Waals surface area contributed by atoms with Gasteiger partial charge >= 0.3 is 0 Å². The molecule has 7 nitrogen and oxygen atoms in total. The highest BCUT2D eigenvalue weighted by atomic mass is 35.5. The Labute approximate surface area is 215 Å². The van der Waals surface area contributed by atoms with Crippen LogP contribution in [0.3, 0.4) is 0 Å². The molecule has 1 aliphatic rings. The maximum Gasteiger partial charge on any atom is 0.253 e. The van der Waals surface area contributed by atoms with Crippen LogP contribution in [0.4, 0.5) is 0 Å². The number of carbonyl (C=O) groups is 1. The van der Waals surface area contributed by atoms with E-state index in [9.17, 15) is 23.4 Å². The van der Waals surface area contributed by atoms with Crippen molar-refractivity contribution in [3.05, 3.63) is 89.7 Å². The number of fused-ring (bicyclic) bond motifs is 1. The number of likely N-dealkylation sites (N-methyl/N-ethyl adjacent to an activating group) is 1. The maximum atomic E-state index is 13.4. The van der Waals surface area contributed by atoms with Gasteiger partial charge in [-0.3, -0.25) is 9.78 Å². The van der Waals surface area contributed by atoms with Crippen LogP contribution in [-0.4, -0.2) is 53.1 Å². The number of sulfone groups is 1. The van der Waals surface area contributed by atoms with Crippen molar-refractivity contribution >= 4 is 52.3 Å². The van der Waals surface area contributed by atoms with Gasteiger partial charge in [-0.05, 0) is 42.3 Å². The molecule has 2 heterocycles. The van der Waals surface area contributed by atoms with Crippen LogP contribution >= 0.6 is 36.6 Å². The van der Waals surface area contributed by atoms with Gasteiger partial charge in [0.2, 0.25) is 5.12 Å². The average molecular weight is 543 g/mol. The van der Waals surface area contributed by atoms with Crippen molar-refractivity contribution < 1.29 is 23.4 Å². The van der Waals surface area contributed by atoms with Crippen LogP contribution in [0, 0.1) is 0 Å². The summed E-state index contributed by atoms with van der Waals surface area (Å²) in [6.45, 7) is 0.390. The Balaban J connectivity index is 0.00000204. The van der Waals surface area contributed by atoms with Gasteiger partial charge < -0.3 is 15.1 Å². The number of pyridine rings is 1. The minimum atomic E-state index is -4.20. The van der Waals surface area contributed by atoms with Gasteiger partial charge in [0.15, 0.2) is 15.1 Å². The summed E-state index contributed by atoms with van der Waals surface area (Å²) in [4.78, 5) is 19.2. The Morgan fingerprint density at radius 1 is 1.06 bits per heavy atom. The van der Waals surface area contributed by atoms with E-state index < -0.39 is 26.1 Å². The quantitative estimate of drug-likeness (QED) is 0.459. The van der Waals surface area contributed by atoms with Crippen molar-refractivity contribution in [1.29, 1.82) is 0 Å². The van der Waals surface area contributed by atoms with Crippen LogP contribution < -0.4 is 0 Å². The molecular weight excluding hydrogens is 519 g/mol. The van der Waals surface area contributed by atoms with Gasteiger partial charge in [-0.1, -0.05) is 42.1 Å². The Hall–Kier alpha value is -2.14. The predicted octanol–water partition coefficient (Wildman–Crippen LogP) is 3.50. The first-order valence-electron chi connectivity index (χ1n) is 9.92. The number of hydrogen-bond donors (Lipinski definition) is 2. The van der Waals surface area contributed by atoms with Gasteiger partial charge in [-0.2, -0.15) is 0 Å². The van der Waals surface area contributed by atoms with Gasteiger partial charge in [-0.25, -0.2) is 8.42 Å². The fourth-order valence-electron chi connectivity index (χ4n) is 3.75. The van der Waals surface area contributed by atoms with Crippen molar-refractivity contribution in [3.8, 4) is 0 Å². The summed E-state index contributed by atoms with van der Waals surface area (Å²) in [6, 6.07) is 16.1. The van der Waals surface area contributed by atoms with E-state index in [-0.39, 0.29) is 40.8 Å². The highest BCUT2D eigenvalue weighted by molar-refractivity contribution is 8.02. The largest absolute Gasteiger partial charge is 0.356 e. The molecule has 4 rings (SSSR count). The number of aromatic nitrogens is 1. The van der Waals surface area contributed by atoms with Crippen LogP contribution in [-0.2, 0) is 16.3 Å². The monoisotopic (exact) mass is 542 g/mol. The lowest BCUT2D eigenvalue weighted by atomic mass is 10.0. The fraction of sp³-hybridized carbons (Fsp3) is 0.217. The topological polar surface area (TPSA) is 108 Å². The molecule has 2 aromatic carbocycles. The van der Waals surface area contributed by atoms with E-state index in [0.29, 0.717) is 29.6 Å². The number of nitrogens with zero attached hydrogens (tertiary/aromatic N) is 2. The Morgan fingerprint density at radius 2 is 1.76 bits per heavy atom. The van der Waals surface area contributed by atoms with Crippen molar-refractivity contribution in [3.63, 3.8) is 0 Å². The molecule has 34 heavy (non-hydrogen) atoms. The van der Waals surface area contributed by atoms with Crippen molar-refractivity contribution in [2.75, 3.05) is 13.6 Å². The summed E-state index contributed by atoms with van der Waals surface area (Å²) >= 11 is 0.629. The zero-order chi connectivity index (χ0) is 22.9. The summed E-state index contributed by atoms with van der Waals surface area (Å²) in [7, 11) is -2.57. The van der Waals surface area contributed by atoms with Gasteiger partial charge in [0.1, 0.15) is 0 Å². The van der Waals surface area contributed by atoms with E-state index in [2.05, 4.69) is 4.98 Å². The second-order valence-corrected chi connectivity index (χ2v) is 10.8. The third-order valence-electron chi connectivity index (χ3n) is 5.35. The molecule has 1 amide bonds. The molecule has 1 atom stereocenters. The van der Waals surface area contributed by atoms with Gasteiger partial charge in [-0.15, -0.1) is 24.8 Å². The molecular formula is C23H24Cl2N2O5S2. The molecule has 0 spiro atoms. The number of rotatable bonds is 6. The summed E-state index contributed by atoms with van der Waals surface area (Å²) in [5.41, 5.74) is 1.22. The Kier molecular flexibility index (Phi) is 9.15. The molecule has 1 aromatic heterocycles. The molecule has 0 aliphatic carbocycles. The van der Waals surface area contributed by atoms with Crippen LogP contribution in [0.2, 0.25) is 0 Å². The van der Waals surface area contributed by atoms with Crippen LogP contribution in [0.1, 0.15) is 26.7 Å². The molecule has 0 saturated carbocycles. The first-order chi connectivity index (χ1) is 15.2. The Morgan fingerprint density at radius 3 is 2.41 bits per heavy atom. The SMILES string of the molecule is CN(CCc1cccnc1)C(=O)c1cccc2c1C(S(=O)(=O)c1ccccc1)C(O)(O)S2.Cl.Cl.